The zero-order chi connectivity index (χ0) is 35.1. The van der Waals surface area contributed by atoms with Gasteiger partial charge in [0.2, 0.25) is 0 Å². The van der Waals surface area contributed by atoms with Gasteiger partial charge in [-0.2, -0.15) is 0 Å². The number of benzene rings is 6. The summed E-state index contributed by atoms with van der Waals surface area (Å²) < 4.78 is 7.27. The molecule has 0 fully saturated rings. The van der Waals surface area contributed by atoms with E-state index in [1.54, 1.807) is 0 Å². The molecule has 0 radical (unpaired) electrons. The standard InChI is InChI=1S/C38H27N3.4C2H6/c1-2-39-33-21-19-25(40-35-15-7-3-11-27(35)28-12-4-8-16-36(28)40)23-31(33)32-24-26(20-22-34(32)39)41-37-17-9-5-13-29(37)30-14-6-10-18-38(30)41;4*1-2/h3-24H,2H2,1H3;4*1-2H3. The van der Waals surface area contributed by atoms with Crippen LogP contribution in [0.2, 0.25) is 0 Å². The number of hydrogen-bond donors (Lipinski definition) is 0. The second-order valence-electron chi connectivity index (χ2n) is 10.9. The van der Waals surface area contributed by atoms with E-state index >= 15 is 0 Å². The van der Waals surface area contributed by atoms with Crippen molar-refractivity contribution in [1.29, 1.82) is 0 Å². The molecular formula is C46H51N3. The van der Waals surface area contributed by atoms with E-state index in [4.69, 9.17) is 0 Å². The second kappa shape index (κ2) is 15.7. The summed E-state index contributed by atoms with van der Waals surface area (Å²) in [5.41, 5.74) is 9.85. The van der Waals surface area contributed by atoms with Gasteiger partial charge in [-0.05, 0) is 67.6 Å². The Morgan fingerprint density at radius 1 is 0.327 bits per heavy atom. The molecule has 0 aliphatic rings. The quantitative estimate of drug-likeness (QED) is 0.182. The Morgan fingerprint density at radius 3 is 0.898 bits per heavy atom. The highest BCUT2D eigenvalue weighted by molar-refractivity contribution is 6.13. The highest BCUT2D eigenvalue weighted by Crippen LogP contribution is 2.38. The van der Waals surface area contributed by atoms with E-state index in [2.05, 4.69) is 154 Å². The van der Waals surface area contributed by atoms with Crippen LogP contribution in [0.5, 0.6) is 0 Å². The molecule has 3 nitrogen and oxygen atoms in total. The van der Waals surface area contributed by atoms with Crippen molar-refractivity contribution in [3.8, 4) is 11.4 Å². The van der Waals surface area contributed by atoms with Crippen LogP contribution in [0.15, 0.2) is 133 Å². The van der Waals surface area contributed by atoms with Crippen molar-refractivity contribution in [3.05, 3.63) is 133 Å². The first-order chi connectivity index (χ1) is 24.3. The topological polar surface area (TPSA) is 14.8 Å². The fraction of sp³-hybridized carbons (Fsp3) is 0.217. The van der Waals surface area contributed by atoms with Gasteiger partial charge < -0.3 is 13.7 Å². The Labute approximate surface area is 292 Å². The Kier molecular flexibility index (Phi) is 11.3. The lowest BCUT2D eigenvalue weighted by atomic mass is 10.1. The number of aryl methyl sites for hydroxylation is 1. The summed E-state index contributed by atoms with van der Waals surface area (Å²) in [5.74, 6) is 0. The second-order valence-corrected chi connectivity index (χ2v) is 10.9. The van der Waals surface area contributed by atoms with Gasteiger partial charge in [0, 0.05) is 61.3 Å². The van der Waals surface area contributed by atoms with Crippen LogP contribution in [0, 0.1) is 0 Å². The predicted molar refractivity (Wildman–Crippen MR) is 219 cm³/mol. The van der Waals surface area contributed by atoms with Crippen LogP contribution in [0.1, 0.15) is 62.3 Å². The first-order valence-electron chi connectivity index (χ1n) is 18.3. The molecule has 0 unspecified atom stereocenters. The molecule has 6 aromatic carbocycles. The van der Waals surface area contributed by atoms with E-state index < -0.39 is 0 Å². The molecular weight excluding hydrogens is 595 g/mol. The van der Waals surface area contributed by atoms with Crippen LogP contribution >= 0.6 is 0 Å². The van der Waals surface area contributed by atoms with Gasteiger partial charge in [-0.3, -0.25) is 0 Å². The lowest BCUT2D eigenvalue weighted by Gasteiger charge is -2.09. The van der Waals surface area contributed by atoms with E-state index in [9.17, 15) is 0 Å². The van der Waals surface area contributed by atoms with Gasteiger partial charge in [0.1, 0.15) is 0 Å². The summed E-state index contributed by atoms with van der Waals surface area (Å²) in [6, 6.07) is 48.9. The molecule has 0 bridgehead atoms. The zero-order valence-electron chi connectivity index (χ0n) is 30.8. The highest BCUT2D eigenvalue weighted by atomic mass is 15.0. The number of fused-ring (bicyclic) bond motifs is 9. The third kappa shape index (κ3) is 5.78. The van der Waals surface area contributed by atoms with Gasteiger partial charge in [-0.15, -0.1) is 0 Å². The predicted octanol–water partition coefficient (Wildman–Crippen LogP) is 14.1. The van der Waals surface area contributed by atoms with Crippen molar-refractivity contribution < 1.29 is 0 Å². The van der Waals surface area contributed by atoms with Crippen LogP contribution in [-0.2, 0) is 6.54 Å². The van der Waals surface area contributed by atoms with Gasteiger partial charge in [0.15, 0.2) is 0 Å². The molecule has 0 saturated heterocycles. The molecule has 250 valence electrons. The molecule has 9 rings (SSSR count). The number of rotatable bonds is 3. The number of para-hydroxylation sites is 4. The fourth-order valence-corrected chi connectivity index (χ4v) is 7.10. The zero-order valence-corrected chi connectivity index (χ0v) is 30.8. The minimum Gasteiger partial charge on any atom is -0.341 e. The van der Waals surface area contributed by atoms with Crippen molar-refractivity contribution >= 4 is 65.4 Å². The summed E-state index contributed by atoms with van der Waals surface area (Å²) in [7, 11) is 0. The molecule has 49 heavy (non-hydrogen) atoms. The molecule has 0 aliphatic carbocycles. The average molecular weight is 646 g/mol. The van der Waals surface area contributed by atoms with Gasteiger partial charge in [0.05, 0.1) is 22.1 Å². The maximum Gasteiger partial charge on any atom is 0.0541 e. The van der Waals surface area contributed by atoms with Gasteiger partial charge in [-0.25, -0.2) is 0 Å². The smallest absolute Gasteiger partial charge is 0.0541 e. The third-order valence-electron chi connectivity index (χ3n) is 8.82. The van der Waals surface area contributed by atoms with E-state index in [1.165, 1.54) is 76.8 Å². The lowest BCUT2D eigenvalue weighted by molar-refractivity contribution is 0.827. The monoisotopic (exact) mass is 645 g/mol. The van der Waals surface area contributed by atoms with Crippen molar-refractivity contribution in [3.63, 3.8) is 0 Å². The van der Waals surface area contributed by atoms with E-state index in [-0.39, 0.29) is 0 Å². The van der Waals surface area contributed by atoms with Crippen molar-refractivity contribution in [2.24, 2.45) is 0 Å². The summed E-state index contributed by atoms with van der Waals surface area (Å²) in [4.78, 5) is 0. The molecule has 0 atom stereocenters. The Bertz CT molecular complexity index is 2190. The lowest BCUT2D eigenvalue weighted by Crippen LogP contribution is -1.96. The minimum absolute atomic E-state index is 0.920. The van der Waals surface area contributed by atoms with Crippen LogP contribution in [0.25, 0.3) is 76.8 Å². The Morgan fingerprint density at radius 2 is 0.612 bits per heavy atom. The number of aromatic nitrogens is 3. The summed E-state index contributed by atoms with van der Waals surface area (Å²) in [6.45, 7) is 19.2. The first kappa shape index (κ1) is 35.0. The summed E-state index contributed by atoms with van der Waals surface area (Å²) in [6.07, 6.45) is 0. The largest absolute Gasteiger partial charge is 0.341 e. The molecule has 0 amide bonds. The van der Waals surface area contributed by atoms with Crippen LogP contribution < -0.4 is 0 Å². The first-order valence-corrected chi connectivity index (χ1v) is 18.3. The van der Waals surface area contributed by atoms with E-state index in [1.807, 2.05) is 55.4 Å². The molecule has 9 aromatic rings. The molecule has 0 spiro atoms. The molecule has 0 saturated carbocycles. The van der Waals surface area contributed by atoms with E-state index in [0.717, 1.165) is 6.54 Å². The summed E-state index contributed by atoms with van der Waals surface area (Å²) >= 11 is 0. The average Bonchev–Trinajstić information content (AvgIpc) is 3.83. The van der Waals surface area contributed by atoms with Crippen LogP contribution in [0.4, 0.5) is 0 Å². The van der Waals surface area contributed by atoms with Crippen LogP contribution in [0.3, 0.4) is 0 Å². The summed E-state index contributed by atoms with van der Waals surface area (Å²) in [5, 5.41) is 7.70. The molecule has 0 N–H and O–H groups in total. The Balaban J connectivity index is 0.000000549. The van der Waals surface area contributed by atoms with Crippen LogP contribution in [-0.4, -0.2) is 13.7 Å². The normalized spacial score (nSPS) is 10.6. The molecule has 3 aromatic heterocycles. The van der Waals surface area contributed by atoms with Gasteiger partial charge in [0.25, 0.3) is 0 Å². The third-order valence-corrected chi connectivity index (χ3v) is 8.82. The fourth-order valence-electron chi connectivity index (χ4n) is 7.10. The van der Waals surface area contributed by atoms with Crippen molar-refractivity contribution in [2.45, 2.75) is 68.9 Å². The maximum absolute atomic E-state index is 2.44. The molecule has 3 heterocycles. The van der Waals surface area contributed by atoms with E-state index in [0.29, 0.717) is 0 Å². The Hall–Kier alpha value is -5.28. The minimum atomic E-state index is 0.920. The SMILES string of the molecule is CC.CC.CC.CC.CCn1c2ccc(-n3c4ccccc4c4ccccc43)cc2c2cc(-n3c4ccccc4c4ccccc43)ccc21. The number of hydrogen-bond acceptors (Lipinski definition) is 0. The maximum atomic E-state index is 2.44. The molecule has 0 aliphatic heterocycles. The highest BCUT2D eigenvalue weighted by Gasteiger charge is 2.17. The van der Waals surface area contributed by atoms with Crippen molar-refractivity contribution in [2.75, 3.05) is 0 Å². The van der Waals surface area contributed by atoms with Gasteiger partial charge in [-0.1, -0.05) is 128 Å². The van der Waals surface area contributed by atoms with Gasteiger partial charge >= 0.3 is 0 Å². The van der Waals surface area contributed by atoms with Crippen molar-refractivity contribution in [1.82, 2.24) is 13.7 Å². The molecule has 3 heteroatoms. The number of nitrogens with zero attached hydrogens (tertiary/aromatic N) is 3.